The molecule has 0 bridgehead atoms. The minimum atomic E-state index is 0.305. The number of aryl methyl sites for hydroxylation is 2. The molecule has 3 nitrogen and oxygen atoms in total. The van der Waals surface area contributed by atoms with Crippen LogP contribution in [0.15, 0.2) is 72.8 Å². The van der Waals surface area contributed by atoms with Crippen molar-refractivity contribution in [1.29, 1.82) is 0 Å². The van der Waals surface area contributed by atoms with Gasteiger partial charge in [-0.1, -0.05) is 48.5 Å². The zero-order chi connectivity index (χ0) is 20.9. The third-order valence-electron chi connectivity index (χ3n) is 5.61. The maximum atomic E-state index is 12.5. The molecule has 0 fully saturated rings. The van der Waals surface area contributed by atoms with E-state index in [1.807, 2.05) is 24.3 Å². The van der Waals surface area contributed by atoms with E-state index in [0.29, 0.717) is 18.6 Å². The third kappa shape index (κ3) is 4.62. The van der Waals surface area contributed by atoms with E-state index in [1.165, 1.54) is 21.9 Å². The number of carbonyl (C=O) groups is 1. The van der Waals surface area contributed by atoms with Crippen LogP contribution in [0.4, 0.5) is 0 Å². The topological polar surface area (TPSA) is 35.5 Å². The molecule has 0 radical (unpaired) electrons. The molecular weight excluding hydrogens is 372 g/mol. The molecule has 0 saturated carbocycles. The lowest BCUT2D eigenvalue weighted by molar-refractivity contribution is -0.119. The Bertz CT molecular complexity index is 1100. The lowest BCUT2D eigenvalue weighted by Crippen LogP contribution is -2.02. The van der Waals surface area contributed by atoms with E-state index in [4.69, 9.17) is 9.47 Å². The highest BCUT2D eigenvalue weighted by Gasteiger charge is 2.06. The molecule has 0 amide bonds. The van der Waals surface area contributed by atoms with Crippen molar-refractivity contribution in [3.63, 3.8) is 0 Å². The second-order valence-electron chi connectivity index (χ2n) is 7.63. The van der Waals surface area contributed by atoms with E-state index in [1.54, 1.807) is 14.2 Å². The first-order valence-corrected chi connectivity index (χ1v) is 10.3. The normalized spacial score (nSPS) is 11.0. The summed E-state index contributed by atoms with van der Waals surface area (Å²) in [6.45, 7) is 0. The first-order chi connectivity index (χ1) is 14.6. The van der Waals surface area contributed by atoms with Crippen LogP contribution in [-0.2, 0) is 17.6 Å². The molecule has 4 aromatic rings. The van der Waals surface area contributed by atoms with Crippen molar-refractivity contribution in [2.45, 2.75) is 25.7 Å². The Labute approximate surface area is 177 Å². The quantitative estimate of drug-likeness (QED) is 0.357. The van der Waals surface area contributed by atoms with Crippen LogP contribution in [0.25, 0.3) is 21.5 Å². The molecule has 3 heteroatoms. The second-order valence-corrected chi connectivity index (χ2v) is 7.63. The van der Waals surface area contributed by atoms with Crippen LogP contribution < -0.4 is 9.47 Å². The lowest BCUT2D eigenvalue weighted by Gasteiger charge is -2.07. The van der Waals surface area contributed by atoms with Crippen molar-refractivity contribution in [2.75, 3.05) is 14.2 Å². The zero-order valence-corrected chi connectivity index (χ0v) is 17.5. The Morgan fingerprint density at radius 2 is 1.00 bits per heavy atom. The minimum absolute atomic E-state index is 0.305. The molecule has 0 aliphatic carbocycles. The van der Waals surface area contributed by atoms with Crippen molar-refractivity contribution in [1.82, 2.24) is 0 Å². The molecule has 152 valence electrons. The lowest BCUT2D eigenvalue weighted by atomic mass is 9.99. The molecule has 0 aromatic heterocycles. The Morgan fingerprint density at radius 3 is 1.43 bits per heavy atom. The zero-order valence-electron chi connectivity index (χ0n) is 17.5. The van der Waals surface area contributed by atoms with Gasteiger partial charge in [-0.3, -0.25) is 4.79 Å². The Kier molecular flexibility index (Phi) is 5.99. The van der Waals surface area contributed by atoms with E-state index in [9.17, 15) is 4.79 Å². The van der Waals surface area contributed by atoms with Gasteiger partial charge in [0.05, 0.1) is 14.2 Å². The van der Waals surface area contributed by atoms with Gasteiger partial charge < -0.3 is 9.47 Å². The average Bonchev–Trinajstić information content (AvgIpc) is 2.80. The second kappa shape index (κ2) is 9.00. The number of Topliss-reactive ketones (excluding diaryl/α,β-unsaturated/α-hetero) is 1. The van der Waals surface area contributed by atoms with Crippen molar-refractivity contribution in [2.24, 2.45) is 0 Å². The highest BCUT2D eigenvalue weighted by Crippen LogP contribution is 2.24. The standard InChI is InChI=1S/C27H26O3/c1-29-26-13-9-21-15-19(3-7-23(21)17-26)5-11-25(28)12-6-20-4-8-24-18-27(30-2)14-10-22(24)16-20/h3-4,7-10,13-18H,5-6,11-12H2,1-2H3. The fourth-order valence-corrected chi connectivity index (χ4v) is 3.80. The van der Waals surface area contributed by atoms with Crippen LogP contribution in [-0.4, -0.2) is 20.0 Å². The van der Waals surface area contributed by atoms with Gasteiger partial charge in [0.25, 0.3) is 0 Å². The molecule has 4 rings (SSSR count). The molecule has 0 atom stereocenters. The van der Waals surface area contributed by atoms with Gasteiger partial charge in [0.1, 0.15) is 17.3 Å². The predicted molar refractivity (Wildman–Crippen MR) is 123 cm³/mol. The average molecular weight is 399 g/mol. The number of fused-ring (bicyclic) bond motifs is 2. The fourth-order valence-electron chi connectivity index (χ4n) is 3.80. The van der Waals surface area contributed by atoms with Gasteiger partial charge in [-0.25, -0.2) is 0 Å². The molecule has 4 aromatic carbocycles. The highest BCUT2D eigenvalue weighted by molar-refractivity contribution is 5.86. The molecule has 0 aliphatic heterocycles. The minimum Gasteiger partial charge on any atom is -0.497 e. The van der Waals surface area contributed by atoms with E-state index in [0.717, 1.165) is 35.1 Å². The first-order valence-electron chi connectivity index (χ1n) is 10.3. The fraction of sp³-hybridized carbons (Fsp3) is 0.222. The van der Waals surface area contributed by atoms with Gasteiger partial charge in [-0.2, -0.15) is 0 Å². The summed E-state index contributed by atoms with van der Waals surface area (Å²) < 4.78 is 10.6. The van der Waals surface area contributed by atoms with Crippen LogP contribution >= 0.6 is 0 Å². The van der Waals surface area contributed by atoms with Gasteiger partial charge in [0, 0.05) is 12.8 Å². The molecule has 0 N–H and O–H groups in total. The number of carbonyl (C=O) groups excluding carboxylic acids is 1. The summed E-state index contributed by atoms with van der Waals surface area (Å²) in [6, 6.07) is 24.9. The number of benzene rings is 4. The van der Waals surface area contributed by atoms with Crippen LogP contribution in [0.1, 0.15) is 24.0 Å². The largest absolute Gasteiger partial charge is 0.497 e. The van der Waals surface area contributed by atoms with Crippen LogP contribution in [0.2, 0.25) is 0 Å². The molecule has 0 unspecified atom stereocenters. The van der Waals surface area contributed by atoms with Gasteiger partial charge >= 0.3 is 0 Å². The number of hydrogen-bond acceptors (Lipinski definition) is 3. The van der Waals surface area contributed by atoms with Crippen LogP contribution in [0.3, 0.4) is 0 Å². The van der Waals surface area contributed by atoms with Gasteiger partial charge in [0.15, 0.2) is 0 Å². The van der Waals surface area contributed by atoms with E-state index in [-0.39, 0.29) is 0 Å². The molecule has 30 heavy (non-hydrogen) atoms. The Balaban J connectivity index is 1.33. The third-order valence-corrected chi connectivity index (χ3v) is 5.61. The van der Waals surface area contributed by atoms with Crippen molar-refractivity contribution >= 4 is 27.3 Å². The molecule has 0 aliphatic rings. The van der Waals surface area contributed by atoms with Crippen LogP contribution in [0, 0.1) is 0 Å². The monoisotopic (exact) mass is 398 g/mol. The number of methoxy groups -OCH3 is 2. The molecular formula is C27H26O3. The van der Waals surface area contributed by atoms with Gasteiger partial charge in [-0.15, -0.1) is 0 Å². The number of ether oxygens (including phenoxy) is 2. The summed E-state index contributed by atoms with van der Waals surface area (Å²) in [5, 5.41) is 4.65. The summed E-state index contributed by atoms with van der Waals surface area (Å²) in [4.78, 5) is 12.5. The number of ketones is 1. The molecule has 0 saturated heterocycles. The highest BCUT2D eigenvalue weighted by atomic mass is 16.5. The smallest absolute Gasteiger partial charge is 0.133 e. The summed E-state index contributed by atoms with van der Waals surface area (Å²) >= 11 is 0. The van der Waals surface area contributed by atoms with Crippen molar-refractivity contribution < 1.29 is 14.3 Å². The predicted octanol–water partition coefficient (Wildman–Crippen LogP) is 6.14. The SMILES string of the molecule is COc1ccc2cc(CCC(=O)CCc3ccc4cc(OC)ccc4c3)ccc2c1. The van der Waals surface area contributed by atoms with Crippen molar-refractivity contribution in [3.05, 3.63) is 83.9 Å². The molecule has 0 spiro atoms. The summed E-state index contributed by atoms with van der Waals surface area (Å²) in [6.07, 6.45) is 2.70. The molecule has 0 heterocycles. The van der Waals surface area contributed by atoms with Crippen molar-refractivity contribution in [3.8, 4) is 11.5 Å². The Hall–Kier alpha value is -3.33. The number of rotatable bonds is 8. The maximum absolute atomic E-state index is 12.5. The maximum Gasteiger partial charge on any atom is 0.133 e. The summed E-state index contributed by atoms with van der Waals surface area (Å²) in [7, 11) is 3.35. The van der Waals surface area contributed by atoms with Gasteiger partial charge in [-0.05, 0) is 69.8 Å². The number of hydrogen-bond donors (Lipinski definition) is 0. The van der Waals surface area contributed by atoms with E-state index < -0.39 is 0 Å². The summed E-state index contributed by atoms with van der Waals surface area (Å²) in [5.41, 5.74) is 2.39. The van der Waals surface area contributed by atoms with Gasteiger partial charge in [0.2, 0.25) is 0 Å². The van der Waals surface area contributed by atoms with Crippen LogP contribution in [0.5, 0.6) is 11.5 Å². The summed E-state index contributed by atoms with van der Waals surface area (Å²) in [5.74, 6) is 2.02. The Morgan fingerprint density at radius 1 is 0.600 bits per heavy atom. The van der Waals surface area contributed by atoms with E-state index in [2.05, 4.69) is 48.5 Å². The van der Waals surface area contributed by atoms with E-state index >= 15 is 0 Å². The first kappa shape index (κ1) is 20.0.